The maximum absolute atomic E-state index is 13.4. The van der Waals surface area contributed by atoms with E-state index in [1.165, 1.54) is 11.6 Å². The second-order valence-corrected chi connectivity index (χ2v) is 5.07. The van der Waals surface area contributed by atoms with Gasteiger partial charge in [-0.15, -0.1) is 0 Å². The van der Waals surface area contributed by atoms with Crippen LogP contribution in [0.1, 0.15) is 22.8 Å². The van der Waals surface area contributed by atoms with Crippen LogP contribution in [-0.2, 0) is 6.42 Å². The summed E-state index contributed by atoms with van der Waals surface area (Å²) in [5, 5.41) is 2.66. The van der Waals surface area contributed by atoms with Gasteiger partial charge in [0.05, 0.1) is 15.6 Å². The Kier molecular flexibility index (Phi) is 4.63. The molecule has 2 nitrogen and oxygen atoms in total. The third-order valence-corrected chi connectivity index (χ3v) is 3.48. The highest BCUT2D eigenvalue weighted by molar-refractivity contribution is 6.37. The predicted octanol–water partition coefficient (Wildman–Crippen LogP) is 4.95. The maximum atomic E-state index is 13.4. The second kappa shape index (κ2) is 6.25. The zero-order valence-electron chi connectivity index (χ0n) is 10.7. The van der Waals surface area contributed by atoms with Crippen molar-refractivity contribution in [2.45, 2.75) is 13.3 Å². The Morgan fingerprint density at radius 3 is 2.40 bits per heavy atom. The number of carbonyl (C=O) groups excluding carboxylic acids is 1. The smallest absolute Gasteiger partial charge is 0.257 e. The van der Waals surface area contributed by atoms with Gasteiger partial charge in [-0.3, -0.25) is 4.79 Å². The van der Waals surface area contributed by atoms with Crippen LogP contribution < -0.4 is 5.32 Å². The van der Waals surface area contributed by atoms with Crippen LogP contribution in [0.4, 0.5) is 10.1 Å². The Balaban J connectivity index is 2.21. The number of anilines is 1. The van der Waals surface area contributed by atoms with Crippen LogP contribution in [0.2, 0.25) is 10.0 Å². The molecule has 0 aliphatic rings. The molecule has 0 fully saturated rings. The highest BCUT2D eigenvalue weighted by Gasteiger charge is 2.14. The average molecular weight is 312 g/mol. The molecule has 5 heteroatoms. The van der Waals surface area contributed by atoms with E-state index < -0.39 is 11.7 Å². The summed E-state index contributed by atoms with van der Waals surface area (Å²) in [5.74, 6) is -1.16. The number of hydrogen-bond donors (Lipinski definition) is 1. The first-order chi connectivity index (χ1) is 9.51. The number of rotatable bonds is 3. The fourth-order valence-electron chi connectivity index (χ4n) is 1.72. The Morgan fingerprint density at radius 1 is 1.15 bits per heavy atom. The normalized spacial score (nSPS) is 10.4. The molecule has 2 aromatic carbocycles. The van der Waals surface area contributed by atoms with Gasteiger partial charge in [0.1, 0.15) is 5.82 Å². The third kappa shape index (κ3) is 3.30. The lowest BCUT2D eigenvalue weighted by Crippen LogP contribution is -2.13. The molecule has 0 saturated heterocycles. The molecule has 0 aliphatic carbocycles. The quantitative estimate of drug-likeness (QED) is 0.799. The summed E-state index contributed by atoms with van der Waals surface area (Å²) >= 11 is 11.5. The highest BCUT2D eigenvalue weighted by Crippen LogP contribution is 2.25. The van der Waals surface area contributed by atoms with Crippen LogP contribution in [0.15, 0.2) is 36.4 Å². The van der Waals surface area contributed by atoms with Crippen molar-refractivity contribution in [2.24, 2.45) is 0 Å². The van der Waals surface area contributed by atoms with E-state index in [0.717, 1.165) is 12.5 Å². The molecule has 20 heavy (non-hydrogen) atoms. The Hall–Kier alpha value is -1.58. The van der Waals surface area contributed by atoms with Crippen molar-refractivity contribution in [3.63, 3.8) is 0 Å². The Morgan fingerprint density at radius 2 is 1.80 bits per heavy atom. The van der Waals surface area contributed by atoms with Gasteiger partial charge in [-0.1, -0.05) is 42.3 Å². The first kappa shape index (κ1) is 14.8. The van der Waals surface area contributed by atoms with Crippen LogP contribution in [-0.4, -0.2) is 5.91 Å². The molecular weight excluding hydrogens is 300 g/mol. The van der Waals surface area contributed by atoms with Gasteiger partial charge in [0, 0.05) is 5.69 Å². The standard InChI is InChI=1S/C15H12Cl2FNO/c1-2-9-3-5-10(6-4-9)19-15(20)11-7-14(18)13(17)8-12(11)16/h3-8H,2H2,1H3,(H,19,20). The highest BCUT2D eigenvalue weighted by atomic mass is 35.5. The Bertz CT molecular complexity index is 641. The number of nitrogens with one attached hydrogen (secondary N) is 1. The summed E-state index contributed by atoms with van der Waals surface area (Å²) in [6, 6.07) is 9.65. The van der Waals surface area contributed by atoms with Crippen molar-refractivity contribution in [2.75, 3.05) is 5.32 Å². The molecule has 2 rings (SSSR count). The number of amides is 1. The molecule has 1 N–H and O–H groups in total. The minimum atomic E-state index is -0.678. The van der Waals surface area contributed by atoms with Gasteiger partial charge in [0.15, 0.2) is 0 Å². The fourth-order valence-corrected chi connectivity index (χ4v) is 2.19. The van der Waals surface area contributed by atoms with E-state index in [4.69, 9.17) is 23.2 Å². The lowest BCUT2D eigenvalue weighted by molar-refractivity contribution is 0.102. The zero-order chi connectivity index (χ0) is 14.7. The van der Waals surface area contributed by atoms with Crippen LogP contribution in [0.3, 0.4) is 0 Å². The van der Waals surface area contributed by atoms with Crippen molar-refractivity contribution in [1.29, 1.82) is 0 Å². The molecule has 0 aliphatic heterocycles. The van der Waals surface area contributed by atoms with E-state index in [-0.39, 0.29) is 15.6 Å². The van der Waals surface area contributed by atoms with Crippen LogP contribution in [0.5, 0.6) is 0 Å². The number of carbonyl (C=O) groups is 1. The summed E-state index contributed by atoms with van der Waals surface area (Å²) < 4.78 is 13.4. The summed E-state index contributed by atoms with van der Waals surface area (Å²) in [6.07, 6.45) is 0.919. The number of hydrogen-bond acceptors (Lipinski definition) is 1. The van der Waals surface area contributed by atoms with Crippen LogP contribution in [0, 0.1) is 5.82 Å². The van der Waals surface area contributed by atoms with Gasteiger partial charge >= 0.3 is 0 Å². The number of halogens is 3. The molecule has 0 aromatic heterocycles. The van der Waals surface area contributed by atoms with Gasteiger partial charge in [-0.2, -0.15) is 0 Å². The molecule has 0 unspecified atom stereocenters. The van der Waals surface area contributed by atoms with Crippen LogP contribution >= 0.6 is 23.2 Å². The van der Waals surface area contributed by atoms with E-state index >= 15 is 0 Å². The van der Waals surface area contributed by atoms with E-state index in [1.807, 2.05) is 19.1 Å². The fraction of sp³-hybridized carbons (Fsp3) is 0.133. The summed E-state index contributed by atoms with van der Waals surface area (Å²) in [5.41, 5.74) is 1.84. The van der Waals surface area contributed by atoms with Gasteiger partial charge in [-0.05, 0) is 36.2 Å². The SMILES string of the molecule is CCc1ccc(NC(=O)c2cc(F)c(Cl)cc2Cl)cc1. The predicted molar refractivity (Wildman–Crippen MR) is 80.2 cm³/mol. The first-order valence-electron chi connectivity index (χ1n) is 6.06. The van der Waals surface area contributed by atoms with Crippen molar-refractivity contribution in [3.8, 4) is 0 Å². The summed E-state index contributed by atoms with van der Waals surface area (Å²) in [6.45, 7) is 2.05. The number of aryl methyl sites for hydroxylation is 1. The largest absolute Gasteiger partial charge is 0.322 e. The lowest BCUT2D eigenvalue weighted by Gasteiger charge is -2.08. The van der Waals surface area contributed by atoms with Gasteiger partial charge in [-0.25, -0.2) is 4.39 Å². The molecule has 1 amide bonds. The average Bonchev–Trinajstić information content (AvgIpc) is 2.43. The van der Waals surface area contributed by atoms with E-state index in [2.05, 4.69) is 5.32 Å². The molecule has 104 valence electrons. The molecule has 0 atom stereocenters. The van der Waals surface area contributed by atoms with Crippen LogP contribution in [0.25, 0.3) is 0 Å². The monoisotopic (exact) mass is 311 g/mol. The van der Waals surface area contributed by atoms with Crippen molar-refractivity contribution in [1.82, 2.24) is 0 Å². The van der Waals surface area contributed by atoms with Gasteiger partial charge in [0.25, 0.3) is 5.91 Å². The molecule has 0 bridgehead atoms. The molecule has 0 heterocycles. The molecule has 2 aromatic rings. The number of benzene rings is 2. The summed E-state index contributed by atoms with van der Waals surface area (Å²) in [4.78, 5) is 12.0. The van der Waals surface area contributed by atoms with Crippen molar-refractivity contribution in [3.05, 3.63) is 63.4 Å². The van der Waals surface area contributed by atoms with E-state index in [9.17, 15) is 9.18 Å². The minimum absolute atomic E-state index is 0.0492. The van der Waals surface area contributed by atoms with E-state index in [1.54, 1.807) is 12.1 Å². The van der Waals surface area contributed by atoms with Gasteiger partial charge < -0.3 is 5.32 Å². The van der Waals surface area contributed by atoms with E-state index in [0.29, 0.717) is 5.69 Å². The van der Waals surface area contributed by atoms with Crippen molar-refractivity contribution < 1.29 is 9.18 Å². The molecule has 0 saturated carbocycles. The first-order valence-corrected chi connectivity index (χ1v) is 6.81. The Labute approximate surface area is 126 Å². The molecule has 0 radical (unpaired) electrons. The zero-order valence-corrected chi connectivity index (χ0v) is 12.2. The molecular formula is C15H12Cl2FNO. The van der Waals surface area contributed by atoms with Gasteiger partial charge in [0.2, 0.25) is 0 Å². The lowest BCUT2D eigenvalue weighted by atomic mass is 10.1. The third-order valence-electron chi connectivity index (χ3n) is 2.87. The maximum Gasteiger partial charge on any atom is 0.257 e. The summed E-state index contributed by atoms with van der Waals surface area (Å²) in [7, 11) is 0. The van der Waals surface area contributed by atoms with Crippen molar-refractivity contribution >= 4 is 34.8 Å². The second-order valence-electron chi connectivity index (χ2n) is 4.25. The molecule has 0 spiro atoms. The topological polar surface area (TPSA) is 29.1 Å². The minimum Gasteiger partial charge on any atom is -0.322 e.